The van der Waals surface area contributed by atoms with Gasteiger partial charge < -0.3 is 10.2 Å². The van der Waals surface area contributed by atoms with Gasteiger partial charge in [-0.25, -0.2) is 4.68 Å². The van der Waals surface area contributed by atoms with Crippen LogP contribution in [0.1, 0.15) is 65.0 Å². The molecule has 2 aromatic rings. The summed E-state index contributed by atoms with van der Waals surface area (Å²) in [4.78, 5) is 15.4. The maximum Gasteiger partial charge on any atom is 0.274 e. The van der Waals surface area contributed by atoms with Crippen LogP contribution in [0, 0.1) is 19.8 Å². The van der Waals surface area contributed by atoms with Crippen molar-refractivity contribution in [2.45, 2.75) is 64.8 Å². The lowest BCUT2D eigenvalue weighted by atomic mass is 10.0. The molecule has 0 unspecified atom stereocenters. The van der Waals surface area contributed by atoms with Crippen molar-refractivity contribution in [1.29, 1.82) is 0 Å². The Labute approximate surface area is 173 Å². The number of amides is 1. The second kappa shape index (κ2) is 7.60. The van der Waals surface area contributed by atoms with Gasteiger partial charge in [-0.05, 0) is 82.9 Å². The molecule has 2 aliphatic carbocycles. The molecule has 1 aromatic heterocycles. The number of likely N-dealkylation sites (tertiary alicyclic amines) is 1. The predicted molar refractivity (Wildman–Crippen MR) is 115 cm³/mol. The van der Waals surface area contributed by atoms with Gasteiger partial charge in [-0.1, -0.05) is 17.7 Å². The summed E-state index contributed by atoms with van der Waals surface area (Å²) in [5.41, 5.74) is 6.69. The summed E-state index contributed by atoms with van der Waals surface area (Å²) in [6.07, 6.45) is 7.98. The fraction of sp³-hybridized carbons (Fsp3) is 0.583. The van der Waals surface area contributed by atoms with Gasteiger partial charge in [-0.15, -0.1) is 0 Å². The number of benzene rings is 1. The van der Waals surface area contributed by atoms with Gasteiger partial charge in [-0.2, -0.15) is 5.10 Å². The lowest BCUT2D eigenvalue weighted by Gasteiger charge is -2.32. The monoisotopic (exact) mass is 392 g/mol. The van der Waals surface area contributed by atoms with Crippen LogP contribution < -0.4 is 5.32 Å². The van der Waals surface area contributed by atoms with Gasteiger partial charge in [0.25, 0.3) is 5.91 Å². The summed E-state index contributed by atoms with van der Waals surface area (Å²) in [5.74, 6) is 1.04. The fourth-order valence-corrected chi connectivity index (χ4v) is 4.94. The minimum absolute atomic E-state index is 0.132. The molecule has 5 heteroatoms. The van der Waals surface area contributed by atoms with E-state index in [0.717, 1.165) is 63.3 Å². The molecule has 0 atom stereocenters. The molecule has 1 aromatic carbocycles. The minimum atomic E-state index is 0.132. The number of hydrogen-bond acceptors (Lipinski definition) is 3. The van der Waals surface area contributed by atoms with Crippen LogP contribution in [-0.4, -0.2) is 46.3 Å². The van der Waals surface area contributed by atoms with E-state index in [0.29, 0.717) is 11.7 Å². The Bertz CT molecular complexity index is 919. The summed E-state index contributed by atoms with van der Waals surface area (Å²) >= 11 is 0. The summed E-state index contributed by atoms with van der Waals surface area (Å²) < 4.78 is 2.05. The average molecular weight is 393 g/mol. The first-order chi connectivity index (χ1) is 14.1. The van der Waals surface area contributed by atoms with Gasteiger partial charge >= 0.3 is 0 Å². The van der Waals surface area contributed by atoms with Crippen LogP contribution in [0.5, 0.6) is 0 Å². The largest absolute Gasteiger partial charge is 0.337 e. The van der Waals surface area contributed by atoms with Crippen molar-refractivity contribution in [1.82, 2.24) is 20.0 Å². The molecule has 2 fully saturated rings. The number of rotatable bonds is 5. The maximum atomic E-state index is 13.4. The van der Waals surface area contributed by atoms with E-state index in [2.05, 4.69) is 37.4 Å². The molecule has 1 aliphatic heterocycles. The number of carbonyl (C=O) groups is 1. The molecule has 3 aliphatic rings. The zero-order chi connectivity index (χ0) is 20.0. The number of nitrogens with zero attached hydrogens (tertiary/aromatic N) is 3. The summed E-state index contributed by atoms with van der Waals surface area (Å²) in [5, 5.41) is 8.57. The lowest BCUT2D eigenvalue weighted by Crippen LogP contribution is -2.45. The topological polar surface area (TPSA) is 50.2 Å². The highest BCUT2D eigenvalue weighted by molar-refractivity contribution is 5.94. The van der Waals surface area contributed by atoms with Crippen molar-refractivity contribution >= 4 is 5.91 Å². The molecule has 5 nitrogen and oxygen atoms in total. The Morgan fingerprint density at radius 3 is 2.66 bits per heavy atom. The molecule has 1 saturated carbocycles. The second-order valence-electron chi connectivity index (χ2n) is 9.25. The number of hydrogen-bond donors (Lipinski definition) is 1. The van der Waals surface area contributed by atoms with E-state index in [1.54, 1.807) is 0 Å². The fourth-order valence-electron chi connectivity index (χ4n) is 4.94. The number of aryl methyl sites for hydroxylation is 2. The van der Waals surface area contributed by atoms with E-state index in [9.17, 15) is 4.79 Å². The van der Waals surface area contributed by atoms with Crippen molar-refractivity contribution in [3.05, 3.63) is 46.3 Å². The molecule has 2 heterocycles. The predicted octanol–water partition coefficient (Wildman–Crippen LogP) is 3.58. The Kier molecular flexibility index (Phi) is 4.94. The van der Waals surface area contributed by atoms with E-state index in [4.69, 9.17) is 5.10 Å². The zero-order valence-corrected chi connectivity index (χ0v) is 17.7. The van der Waals surface area contributed by atoms with E-state index in [1.807, 2.05) is 9.58 Å². The molecule has 1 saturated heterocycles. The first-order valence-corrected chi connectivity index (χ1v) is 11.3. The molecule has 1 amide bonds. The van der Waals surface area contributed by atoms with Gasteiger partial charge in [-0.3, -0.25) is 4.79 Å². The highest BCUT2D eigenvalue weighted by Crippen LogP contribution is 2.31. The third-order valence-electron chi connectivity index (χ3n) is 6.89. The molecule has 29 heavy (non-hydrogen) atoms. The highest BCUT2D eigenvalue weighted by Gasteiger charge is 2.32. The SMILES string of the molecule is Cc1ccc(-n2nc(C(=O)N3CCC(NCC4CC4)CC3)c3c2CCC3)c(C)c1. The molecule has 0 radical (unpaired) electrons. The Balaban J connectivity index is 1.34. The van der Waals surface area contributed by atoms with Gasteiger partial charge in [0.1, 0.15) is 0 Å². The Hall–Kier alpha value is -2.14. The van der Waals surface area contributed by atoms with Crippen LogP contribution in [-0.2, 0) is 12.8 Å². The van der Waals surface area contributed by atoms with E-state index in [1.165, 1.54) is 35.2 Å². The van der Waals surface area contributed by atoms with Crippen LogP contribution in [0.15, 0.2) is 18.2 Å². The first-order valence-electron chi connectivity index (χ1n) is 11.3. The number of nitrogens with one attached hydrogen (secondary N) is 1. The standard InChI is InChI=1S/C24H32N4O/c1-16-6-9-21(17(2)14-16)28-22-5-3-4-20(22)23(26-28)24(29)27-12-10-19(11-13-27)25-15-18-7-8-18/h6,9,14,18-19,25H,3-5,7-8,10-13,15H2,1-2H3. The van der Waals surface area contributed by atoms with Crippen LogP contribution in [0.4, 0.5) is 0 Å². The lowest BCUT2D eigenvalue weighted by molar-refractivity contribution is 0.0697. The van der Waals surface area contributed by atoms with Gasteiger partial charge in [0.2, 0.25) is 0 Å². The molecule has 0 bridgehead atoms. The smallest absolute Gasteiger partial charge is 0.274 e. The average Bonchev–Trinajstić information content (AvgIpc) is 3.30. The number of carbonyl (C=O) groups excluding carboxylic acids is 1. The number of piperidine rings is 1. The quantitative estimate of drug-likeness (QED) is 0.846. The summed E-state index contributed by atoms with van der Waals surface area (Å²) in [6, 6.07) is 7.03. The molecular weight excluding hydrogens is 360 g/mol. The van der Waals surface area contributed by atoms with E-state index < -0.39 is 0 Å². The summed E-state index contributed by atoms with van der Waals surface area (Å²) in [6.45, 7) is 7.08. The number of aromatic nitrogens is 2. The maximum absolute atomic E-state index is 13.4. The van der Waals surface area contributed by atoms with Crippen molar-refractivity contribution in [3.63, 3.8) is 0 Å². The van der Waals surface area contributed by atoms with Crippen molar-refractivity contribution in [3.8, 4) is 5.69 Å². The molecule has 5 rings (SSSR count). The van der Waals surface area contributed by atoms with Crippen LogP contribution >= 0.6 is 0 Å². The normalized spacial score (nSPS) is 19.6. The van der Waals surface area contributed by atoms with E-state index in [-0.39, 0.29) is 5.91 Å². The first kappa shape index (κ1) is 18.9. The molecule has 1 N–H and O–H groups in total. The zero-order valence-electron chi connectivity index (χ0n) is 17.7. The third kappa shape index (κ3) is 3.73. The molecule has 154 valence electrons. The Morgan fingerprint density at radius 1 is 1.14 bits per heavy atom. The molecule has 0 spiro atoms. The molecular formula is C24H32N4O. The van der Waals surface area contributed by atoms with Gasteiger partial charge in [0.15, 0.2) is 5.69 Å². The van der Waals surface area contributed by atoms with Gasteiger partial charge in [0, 0.05) is 30.4 Å². The third-order valence-corrected chi connectivity index (χ3v) is 6.89. The summed E-state index contributed by atoms with van der Waals surface area (Å²) in [7, 11) is 0. The van der Waals surface area contributed by atoms with E-state index >= 15 is 0 Å². The van der Waals surface area contributed by atoms with Crippen LogP contribution in [0.2, 0.25) is 0 Å². The second-order valence-corrected chi connectivity index (χ2v) is 9.25. The number of fused-ring (bicyclic) bond motifs is 1. The Morgan fingerprint density at radius 2 is 1.93 bits per heavy atom. The van der Waals surface area contributed by atoms with Crippen LogP contribution in [0.25, 0.3) is 5.69 Å². The highest BCUT2D eigenvalue weighted by atomic mass is 16.2. The van der Waals surface area contributed by atoms with Crippen molar-refractivity contribution in [2.24, 2.45) is 5.92 Å². The van der Waals surface area contributed by atoms with Crippen molar-refractivity contribution in [2.75, 3.05) is 19.6 Å². The van der Waals surface area contributed by atoms with Crippen molar-refractivity contribution < 1.29 is 4.79 Å². The minimum Gasteiger partial charge on any atom is -0.337 e. The van der Waals surface area contributed by atoms with Gasteiger partial charge in [0.05, 0.1) is 5.69 Å². The van der Waals surface area contributed by atoms with Crippen LogP contribution in [0.3, 0.4) is 0 Å².